The molecule has 1 aromatic carbocycles. The number of carbonyl (C=O) groups excluding carboxylic acids is 1. The van der Waals surface area contributed by atoms with E-state index in [-0.39, 0.29) is 11.9 Å². The minimum absolute atomic E-state index is 0.154. The zero-order valence-corrected chi connectivity index (χ0v) is 16.1. The Kier molecular flexibility index (Phi) is 5.25. The maximum atomic E-state index is 12.7. The molecule has 0 spiro atoms. The highest BCUT2D eigenvalue weighted by Gasteiger charge is 2.24. The lowest BCUT2D eigenvalue weighted by molar-refractivity contribution is 0.102. The second-order valence-corrected chi connectivity index (χ2v) is 7.82. The quantitative estimate of drug-likeness (QED) is 0.661. The minimum Gasteiger partial charge on any atom is -0.307 e. The largest absolute Gasteiger partial charge is 0.307 e. The summed E-state index contributed by atoms with van der Waals surface area (Å²) < 4.78 is 1.94. The van der Waals surface area contributed by atoms with Crippen LogP contribution < -0.4 is 5.32 Å². The summed E-state index contributed by atoms with van der Waals surface area (Å²) in [6.07, 6.45) is 6.61. The molecule has 1 aliphatic carbocycles. The Hall–Kier alpha value is -2.60. The van der Waals surface area contributed by atoms with Crippen LogP contribution >= 0.6 is 11.8 Å². The number of thioether (sulfide) groups is 1. The van der Waals surface area contributed by atoms with Crippen LogP contribution in [0.25, 0.3) is 0 Å². The van der Waals surface area contributed by atoms with Crippen molar-refractivity contribution in [2.45, 2.75) is 37.3 Å². The number of pyridine rings is 1. The topological polar surface area (TPSA) is 59.8 Å². The van der Waals surface area contributed by atoms with Crippen molar-refractivity contribution in [2.24, 2.45) is 0 Å². The number of nitrogens with one attached hydrogen (secondary N) is 1. The molecule has 0 saturated heterocycles. The Morgan fingerprint density at radius 2 is 2.15 bits per heavy atom. The summed E-state index contributed by atoms with van der Waals surface area (Å²) in [6, 6.07) is 14.2. The molecule has 0 fully saturated rings. The van der Waals surface area contributed by atoms with Gasteiger partial charge in [-0.25, -0.2) is 9.67 Å². The Morgan fingerprint density at radius 1 is 1.26 bits per heavy atom. The van der Waals surface area contributed by atoms with Crippen LogP contribution in [-0.2, 0) is 6.42 Å². The number of aromatic nitrogens is 3. The number of anilines is 1. The van der Waals surface area contributed by atoms with E-state index >= 15 is 0 Å². The van der Waals surface area contributed by atoms with Gasteiger partial charge in [-0.2, -0.15) is 5.10 Å². The van der Waals surface area contributed by atoms with Crippen LogP contribution in [0.4, 0.5) is 5.82 Å². The van der Waals surface area contributed by atoms with Crippen molar-refractivity contribution < 1.29 is 4.79 Å². The number of nitrogens with zero attached hydrogens (tertiary/aromatic N) is 3. The van der Waals surface area contributed by atoms with Gasteiger partial charge >= 0.3 is 0 Å². The first-order valence-electron chi connectivity index (χ1n) is 9.28. The Labute approximate surface area is 163 Å². The number of fused-ring (bicyclic) bond motifs is 1. The Balaban J connectivity index is 1.55. The predicted molar refractivity (Wildman–Crippen MR) is 108 cm³/mol. The summed E-state index contributed by atoms with van der Waals surface area (Å²) in [5.74, 6) is 1.51. The van der Waals surface area contributed by atoms with Gasteiger partial charge in [-0.15, -0.1) is 11.8 Å². The van der Waals surface area contributed by atoms with E-state index in [1.165, 1.54) is 11.1 Å². The van der Waals surface area contributed by atoms with Crippen LogP contribution in [0.15, 0.2) is 59.9 Å². The summed E-state index contributed by atoms with van der Waals surface area (Å²) in [6.45, 7) is 2.08. The van der Waals surface area contributed by atoms with E-state index in [0.717, 1.165) is 30.0 Å². The van der Waals surface area contributed by atoms with Crippen LogP contribution in [0.3, 0.4) is 0 Å². The third-order valence-corrected chi connectivity index (χ3v) is 5.66. The van der Waals surface area contributed by atoms with Crippen molar-refractivity contribution >= 4 is 23.5 Å². The highest BCUT2D eigenvalue weighted by atomic mass is 32.2. The van der Waals surface area contributed by atoms with Crippen LogP contribution in [-0.4, -0.2) is 26.4 Å². The molecule has 138 valence electrons. The van der Waals surface area contributed by atoms with Gasteiger partial charge in [-0.3, -0.25) is 4.79 Å². The van der Waals surface area contributed by atoms with Gasteiger partial charge in [-0.1, -0.05) is 31.2 Å². The maximum Gasteiger partial charge on any atom is 0.258 e. The fourth-order valence-electron chi connectivity index (χ4n) is 3.58. The number of benzene rings is 1. The lowest BCUT2D eigenvalue weighted by Gasteiger charge is -2.27. The highest BCUT2D eigenvalue weighted by Crippen LogP contribution is 2.34. The molecule has 0 aliphatic heterocycles. The van der Waals surface area contributed by atoms with Gasteiger partial charge < -0.3 is 5.32 Å². The zero-order valence-electron chi connectivity index (χ0n) is 15.3. The molecule has 1 amide bonds. The number of rotatable bonds is 5. The van der Waals surface area contributed by atoms with E-state index in [2.05, 4.69) is 46.6 Å². The molecule has 1 N–H and O–H groups in total. The van der Waals surface area contributed by atoms with Crippen molar-refractivity contribution in [3.05, 3.63) is 71.5 Å². The standard InChI is InChI=1S/C21H22N4OS/c1-2-27-20-11-10-16(14-22-20)21(26)24-19-12-13-23-25(19)18-9-5-7-15-6-3-4-8-17(15)18/h3-4,6,8,10-14,18H,2,5,7,9H2,1H3,(H,24,26)/t18-/m0/s1. The van der Waals surface area contributed by atoms with E-state index in [0.29, 0.717) is 11.4 Å². The van der Waals surface area contributed by atoms with Crippen molar-refractivity contribution in [3.63, 3.8) is 0 Å². The van der Waals surface area contributed by atoms with Crippen LogP contribution in [0, 0.1) is 0 Å². The predicted octanol–water partition coefficient (Wildman–Crippen LogP) is 4.57. The smallest absolute Gasteiger partial charge is 0.258 e. The van der Waals surface area contributed by atoms with Gasteiger partial charge in [0.15, 0.2) is 0 Å². The third-order valence-electron chi connectivity index (χ3n) is 4.84. The van der Waals surface area contributed by atoms with Crippen molar-refractivity contribution in [2.75, 3.05) is 11.1 Å². The molecule has 0 unspecified atom stereocenters. The van der Waals surface area contributed by atoms with Crippen LogP contribution in [0.1, 0.15) is 47.3 Å². The third kappa shape index (κ3) is 3.76. The van der Waals surface area contributed by atoms with E-state index < -0.39 is 0 Å². The number of hydrogen-bond acceptors (Lipinski definition) is 4. The fraction of sp³-hybridized carbons (Fsp3) is 0.286. The normalized spacial score (nSPS) is 16.0. The molecule has 1 aliphatic rings. The molecule has 3 aromatic rings. The van der Waals surface area contributed by atoms with Crippen LogP contribution in [0.2, 0.25) is 0 Å². The molecule has 27 heavy (non-hydrogen) atoms. The lowest BCUT2D eigenvalue weighted by atomic mass is 9.88. The van der Waals surface area contributed by atoms with E-state index in [1.54, 1.807) is 24.2 Å². The second kappa shape index (κ2) is 7.96. The average Bonchev–Trinajstić information content (AvgIpc) is 3.16. The summed E-state index contributed by atoms with van der Waals surface area (Å²) in [4.78, 5) is 17.0. The molecular weight excluding hydrogens is 356 g/mol. The monoisotopic (exact) mass is 378 g/mol. The van der Waals surface area contributed by atoms with Crippen LogP contribution in [0.5, 0.6) is 0 Å². The number of amides is 1. The lowest BCUT2D eigenvalue weighted by Crippen LogP contribution is -2.22. The fourth-order valence-corrected chi connectivity index (χ4v) is 4.17. The zero-order chi connectivity index (χ0) is 18.6. The van der Waals surface area contributed by atoms with Gasteiger partial charge in [0.25, 0.3) is 5.91 Å². The van der Waals surface area contributed by atoms with Gasteiger partial charge in [-0.05, 0) is 48.3 Å². The molecule has 6 heteroatoms. The van der Waals surface area contributed by atoms with Gasteiger partial charge in [0.1, 0.15) is 5.82 Å². The molecular formula is C21H22N4OS. The first-order valence-corrected chi connectivity index (χ1v) is 10.3. The van der Waals surface area contributed by atoms with Crippen molar-refractivity contribution in [1.29, 1.82) is 0 Å². The van der Waals surface area contributed by atoms with Gasteiger partial charge in [0, 0.05) is 12.3 Å². The molecule has 4 rings (SSSR count). The van der Waals surface area contributed by atoms with Crippen molar-refractivity contribution in [1.82, 2.24) is 14.8 Å². The maximum absolute atomic E-state index is 12.7. The number of carbonyl (C=O) groups is 1. The molecule has 0 radical (unpaired) electrons. The van der Waals surface area contributed by atoms with E-state index in [1.807, 2.05) is 22.9 Å². The van der Waals surface area contributed by atoms with E-state index in [4.69, 9.17) is 0 Å². The summed E-state index contributed by atoms with van der Waals surface area (Å²) in [7, 11) is 0. The average molecular weight is 379 g/mol. The second-order valence-electron chi connectivity index (χ2n) is 6.54. The summed E-state index contributed by atoms with van der Waals surface area (Å²) in [5.41, 5.74) is 3.22. The van der Waals surface area contributed by atoms with Gasteiger partial charge in [0.2, 0.25) is 0 Å². The van der Waals surface area contributed by atoms with Crippen molar-refractivity contribution in [3.8, 4) is 0 Å². The van der Waals surface area contributed by atoms with E-state index in [9.17, 15) is 4.79 Å². The SMILES string of the molecule is CCSc1ccc(C(=O)Nc2ccnn2[C@H]2CCCc3ccccc32)cn1. The summed E-state index contributed by atoms with van der Waals surface area (Å²) in [5, 5.41) is 8.44. The molecule has 5 nitrogen and oxygen atoms in total. The molecule has 0 saturated carbocycles. The molecule has 2 aromatic heterocycles. The molecule has 2 heterocycles. The summed E-state index contributed by atoms with van der Waals surface area (Å²) >= 11 is 1.66. The van der Waals surface area contributed by atoms with Gasteiger partial charge in [0.05, 0.1) is 22.8 Å². The first-order chi connectivity index (χ1) is 13.3. The first kappa shape index (κ1) is 17.8. The Morgan fingerprint density at radius 3 is 2.96 bits per heavy atom. The highest BCUT2D eigenvalue weighted by molar-refractivity contribution is 7.99. The number of hydrogen-bond donors (Lipinski definition) is 1. The molecule has 1 atom stereocenters. The Bertz CT molecular complexity index is 935. The number of aryl methyl sites for hydroxylation is 1. The molecule has 0 bridgehead atoms. The minimum atomic E-state index is -0.165.